The van der Waals surface area contributed by atoms with Crippen LogP contribution in [0.3, 0.4) is 0 Å². The maximum atomic E-state index is 12.8. The molecule has 1 fully saturated rings. The highest BCUT2D eigenvalue weighted by Gasteiger charge is 2.30. The first-order valence-corrected chi connectivity index (χ1v) is 9.75. The maximum Gasteiger partial charge on any atom is 0.416 e. The second-order valence-electron chi connectivity index (χ2n) is 7.51. The van der Waals surface area contributed by atoms with Crippen LogP contribution < -0.4 is 10.2 Å². The second kappa shape index (κ2) is 8.97. The van der Waals surface area contributed by atoms with Crippen molar-refractivity contribution in [1.82, 2.24) is 5.32 Å². The monoisotopic (exact) mass is 392 g/mol. The van der Waals surface area contributed by atoms with E-state index in [0.717, 1.165) is 31.6 Å². The van der Waals surface area contributed by atoms with E-state index in [1.54, 1.807) is 0 Å². The van der Waals surface area contributed by atoms with E-state index in [9.17, 15) is 18.3 Å². The molecule has 0 aromatic heterocycles. The molecule has 2 N–H and O–H groups in total. The van der Waals surface area contributed by atoms with Gasteiger partial charge in [0.1, 0.15) is 0 Å². The van der Waals surface area contributed by atoms with Crippen LogP contribution in [-0.2, 0) is 12.6 Å². The molecule has 1 aliphatic heterocycles. The average Bonchev–Trinajstić information content (AvgIpc) is 3.21. The molecule has 3 rings (SSSR count). The third kappa shape index (κ3) is 5.49. The number of aliphatic hydroxyl groups is 1. The molecule has 0 radical (unpaired) electrons. The number of hydrogen-bond donors (Lipinski definition) is 2. The number of nitrogens with one attached hydrogen (secondary N) is 1. The number of anilines is 1. The Morgan fingerprint density at radius 1 is 1.07 bits per heavy atom. The zero-order valence-corrected chi connectivity index (χ0v) is 16.0. The normalized spacial score (nSPS) is 17.0. The summed E-state index contributed by atoms with van der Waals surface area (Å²) in [4.78, 5) is 2.39. The summed E-state index contributed by atoms with van der Waals surface area (Å²) in [5.74, 6) is 0. The highest BCUT2D eigenvalue weighted by molar-refractivity contribution is 5.48. The van der Waals surface area contributed by atoms with Crippen molar-refractivity contribution >= 4 is 5.69 Å². The van der Waals surface area contributed by atoms with Crippen LogP contribution in [0.4, 0.5) is 18.9 Å². The number of halogens is 3. The van der Waals surface area contributed by atoms with Crippen LogP contribution in [0.5, 0.6) is 0 Å². The number of benzene rings is 2. The quantitative estimate of drug-likeness (QED) is 0.725. The minimum Gasteiger partial charge on any atom is -0.387 e. The maximum absolute atomic E-state index is 12.8. The average molecular weight is 392 g/mol. The van der Waals surface area contributed by atoms with Crippen LogP contribution in [0, 0.1) is 0 Å². The molecule has 1 heterocycles. The summed E-state index contributed by atoms with van der Waals surface area (Å²) >= 11 is 0. The Balaban J connectivity index is 1.50. The van der Waals surface area contributed by atoms with Gasteiger partial charge in [-0.15, -0.1) is 0 Å². The lowest BCUT2D eigenvalue weighted by atomic mass is 10.0. The Labute approximate surface area is 164 Å². The number of nitrogens with zero attached hydrogens (tertiary/aromatic N) is 1. The van der Waals surface area contributed by atoms with Crippen LogP contribution in [0.1, 0.15) is 42.6 Å². The van der Waals surface area contributed by atoms with Crippen molar-refractivity contribution in [1.29, 1.82) is 0 Å². The van der Waals surface area contributed by atoms with Gasteiger partial charge in [-0.3, -0.25) is 0 Å². The Hall–Kier alpha value is -2.05. The fraction of sp³-hybridized carbons (Fsp3) is 0.455. The summed E-state index contributed by atoms with van der Waals surface area (Å²) in [7, 11) is 0. The molecular weight excluding hydrogens is 365 g/mol. The highest BCUT2D eigenvalue weighted by Crippen LogP contribution is 2.30. The molecule has 0 aliphatic carbocycles. The first-order valence-electron chi connectivity index (χ1n) is 9.75. The fourth-order valence-corrected chi connectivity index (χ4v) is 3.60. The van der Waals surface area contributed by atoms with E-state index < -0.39 is 17.8 Å². The van der Waals surface area contributed by atoms with Crippen molar-refractivity contribution in [3.8, 4) is 0 Å². The number of alkyl halides is 3. The van der Waals surface area contributed by atoms with Crippen LogP contribution >= 0.6 is 0 Å². The lowest BCUT2D eigenvalue weighted by molar-refractivity contribution is -0.137. The van der Waals surface area contributed by atoms with Gasteiger partial charge in [0.2, 0.25) is 0 Å². The molecule has 0 saturated carbocycles. The van der Waals surface area contributed by atoms with Crippen molar-refractivity contribution in [2.45, 2.75) is 44.5 Å². The molecule has 3 nitrogen and oxygen atoms in total. The van der Waals surface area contributed by atoms with Crippen LogP contribution in [-0.4, -0.2) is 30.8 Å². The SMILES string of the molecule is CC(Cc1ccc(N2CCCC2)cc1)NCC(O)c1cccc(C(F)(F)F)c1. The first kappa shape index (κ1) is 20.7. The molecule has 2 aromatic rings. The van der Waals surface area contributed by atoms with Gasteiger partial charge in [-0.2, -0.15) is 13.2 Å². The predicted octanol–water partition coefficient (Wildman–Crippen LogP) is 4.56. The van der Waals surface area contributed by atoms with Crippen molar-refractivity contribution in [2.75, 3.05) is 24.5 Å². The number of hydrogen-bond acceptors (Lipinski definition) is 3. The first-order chi connectivity index (χ1) is 13.3. The van der Waals surface area contributed by atoms with E-state index in [-0.39, 0.29) is 18.2 Å². The van der Waals surface area contributed by atoms with Gasteiger partial charge in [-0.05, 0) is 61.6 Å². The van der Waals surface area contributed by atoms with Gasteiger partial charge < -0.3 is 15.3 Å². The van der Waals surface area contributed by atoms with E-state index in [1.165, 1.54) is 36.2 Å². The Kier molecular flexibility index (Phi) is 6.62. The van der Waals surface area contributed by atoms with Crippen molar-refractivity contribution in [3.05, 3.63) is 65.2 Å². The topological polar surface area (TPSA) is 35.5 Å². The van der Waals surface area contributed by atoms with E-state index >= 15 is 0 Å². The third-order valence-corrected chi connectivity index (χ3v) is 5.21. The number of aliphatic hydroxyl groups excluding tert-OH is 1. The predicted molar refractivity (Wildman–Crippen MR) is 105 cm³/mol. The fourth-order valence-electron chi connectivity index (χ4n) is 3.60. The zero-order valence-electron chi connectivity index (χ0n) is 16.0. The molecule has 2 unspecified atom stereocenters. The summed E-state index contributed by atoms with van der Waals surface area (Å²) in [6, 6.07) is 13.5. The molecule has 2 atom stereocenters. The molecule has 0 amide bonds. The smallest absolute Gasteiger partial charge is 0.387 e. The van der Waals surface area contributed by atoms with Crippen molar-refractivity contribution < 1.29 is 18.3 Å². The summed E-state index contributed by atoms with van der Waals surface area (Å²) in [5.41, 5.74) is 1.97. The molecule has 152 valence electrons. The van der Waals surface area contributed by atoms with Crippen LogP contribution in [0.2, 0.25) is 0 Å². The summed E-state index contributed by atoms with van der Waals surface area (Å²) in [5, 5.41) is 13.5. The van der Waals surface area contributed by atoms with E-state index in [2.05, 4.69) is 34.5 Å². The van der Waals surface area contributed by atoms with Gasteiger partial charge in [0.15, 0.2) is 0 Å². The lowest BCUT2D eigenvalue weighted by Gasteiger charge is -2.20. The molecule has 1 saturated heterocycles. The van der Waals surface area contributed by atoms with Gasteiger partial charge in [-0.1, -0.05) is 24.3 Å². The van der Waals surface area contributed by atoms with Crippen molar-refractivity contribution in [2.24, 2.45) is 0 Å². The minimum atomic E-state index is -4.41. The minimum absolute atomic E-state index is 0.0954. The second-order valence-corrected chi connectivity index (χ2v) is 7.51. The highest BCUT2D eigenvalue weighted by atomic mass is 19.4. The lowest BCUT2D eigenvalue weighted by Crippen LogP contribution is -2.32. The van der Waals surface area contributed by atoms with E-state index in [1.807, 2.05) is 6.92 Å². The molecule has 1 aliphatic rings. The molecule has 2 aromatic carbocycles. The third-order valence-electron chi connectivity index (χ3n) is 5.21. The Morgan fingerprint density at radius 2 is 1.75 bits per heavy atom. The summed E-state index contributed by atoms with van der Waals surface area (Å²) in [6.07, 6.45) is -2.11. The number of rotatable bonds is 7. The van der Waals surface area contributed by atoms with Gasteiger partial charge >= 0.3 is 6.18 Å². The van der Waals surface area contributed by atoms with Gasteiger partial charge in [0.05, 0.1) is 11.7 Å². The Morgan fingerprint density at radius 3 is 2.39 bits per heavy atom. The standard InChI is InChI=1S/C22H27F3N2O/c1-16(13-17-7-9-20(10-8-17)27-11-2-3-12-27)26-15-21(28)18-5-4-6-19(14-18)22(23,24)25/h4-10,14,16,21,26,28H,2-3,11-13,15H2,1H3. The van der Waals surface area contributed by atoms with Gasteiger partial charge in [0, 0.05) is 31.4 Å². The Bertz CT molecular complexity index is 755. The molecule has 6 heteroatoms. The molecule has 0 spiro atoms. The largest absolute Gasteiger partial charge is 0.416 e. The molecule has 28 heavy (non-hydrogen) atoms. The van der Waals surface area contributed by atoms with E-state index in [4.69, 9.17) is 0 Å². The molecule has 0 bridgehead atoms. The zero-order chi connectivity index (χ0) is 20.1. The molecular formula is C22H27F3N2O. The summed E-state index contributed by atoms with van der Waals surface area (Å²) < 4.78 is 38.4. The van der Waals surface area contributed by atoms with Gasteiger partial charge in [0.25, 0.3) is 0 Å². The summed E-state index contributed by atoms with van der Waals surface area (Å²) in [6.45, 7) is 4.44. The van der Waals surface area contributed by atoms with Crippen molar-refractivity contribution in [3.63, 3.8) is 0 Å². The van der Waals surface area contributed by atoms with Crippen LogP contribution in [0.15, 0.2) is 48.5 Å². The van der Waals surface area contributed by atoms with Crippen LogP contribution in [0.25, 0.3) is 0 Å². The van der Waals surface area contributed by atoms with E-state index in [0.29, 0.717) is 0 Å². The van der Waals surface area contributed by atoms with Gasteiger partial charge in [-0.25, -0.2) is 0 Å².